The van der Waals surface area contributed by atoms with Gasteiger partial charge in [-0.2, -0.15) is 0 Å². The minimum atomic E-state index is -2.98. The van der Waals surface area contributed by atoms with Gasteiger partial charge in [-0.25, -0.2) is 13.4 Å². The third-order valence-corrected chi connectivity index (χ3v) is 7.58. The van der Waals surface area contributed by atoms with Crippen molar-refractivity contribution in [1.29, 1.82) is 0 Å². The van der Waals surface area contributed by atoms with E-state index in [4.69, 9.17) is 14.7 Å². The topological polar surface area (TPSA) is 96.2 Å². The summed E-state index contributed by atoms with van der Waals surface area (Å²) >= 11 is 1.54. The molecule has 1 unspecified atom stereocenters. The lowest BCUT2D eigenvalue weighted by Crippen LogP contribution is -2.27. The fourth-order valence-electron chi connectivity index (χ4n) is 3.87. The van der Waals surface area contributed by atoms with Gasteiger partial charge in [0, 0.05) is 54.8 Å². The summed E-state index contributed by atoms with van der Waals surface area (Å²) in [4.78, 5) is 16.1. The number of benzene rings is 2. The first-order valence-corrected chi connectivity index (χ1v) is 14.8. The summed E-state index contributed by atoms with van der Waals surface area (Å²) in [5.41, 5.74) is 3.72. The Labute approximate surface area is 220 Å². The number of hydrogen-bond donors (Lipinski definition) is 1. The van der Waals surface area contributed by atoms with Gasteiger partial charge in [0.25, 0.3) is 0 Å². The number of nitrogens with zero attached hydrogens (tertiary/aromatic N) is 4. The number of aliphatic imine (C=N–C) groups is 2. The number of anilines is 1. The summed E-state index contributed by atoms with van der Waals surface area (Å²) in [6.45, 7) is 1.44. The lowest BCUT2D eigenvalue weighted by molar-refractivity contribution is 0.483. The predicted molar refractivity (Wildman–Crippen MR) is 150 cm³/mol. The Hall–Kier alpha value is -3.60. The van der Waals surface area contributed by atoms with E-state index in [2.05, 4.69) is 22.6 Å². The maximum Gasteiger partial charge on any atom is 0.193 e. The minimum Gasteiger partial charge on any atom is -0.457 e. The second-order valence-corrected chi connectivity index (χ2v) is 11.8. The summed E-state index contributed by atoms with van der Waals surface area (Å²) in [5, 5.41) is 5.96. The van der Waals surface area contributed by atoms with Crippen LogP contribution in [0.3, 0.4) is 0 Å². The molecule has 0 amide bonds. The normalized spacial score (nSPS) is 18.1. The molecule has 1 atom stereocenters. The Kier molecular flexibility index (Phi) is 7.59. The third kappa shape index (κ3) is 6.79. The molecule has 3 heterocycles. The van der Waals surface area contributed by atoms with Crippen LogP contribution in [0.1, 0.15) is 5.69 Å². The Morgan fingerprint density at radius 1 is 1.14 bits per heavy atom. The number of para-hydroxylation sites is 1. The van der Waals surface area contributed by atoms with Crippen LogP contribution in [0, 0.1) is 5.92 Å². The molecule has 0 spiro atoms. The van der Waals surface area contributed by atoms with E-state index in [9.17, 15) is 8.42 Å². The van der Waals surface area contributed by atoms with Crippen LogP contribution in [-0.2, 0) is 16.4 Å². The summed E-state index contributed by atoms with van der Waals surface area (Å²) < 4.78 is 28.5. The molecule has 3 aromatic rings. The third-order valence-electron chi connectivity index (χ3n) is 5.73. The highest BCUT2D eigenvalue weighted by atomic mass is 32.2. The average Bonchev–Trinajstić information content (AvgIpc) is 3.37. The monoisotopic (exact) mass is 533 g/mol. The van der Waals surface area contributed by atoms with Gasteiger partial charge < -0.3 is 15.0 Å². The number of allylic oxidation sites excluding steroid dienone is 1. The number of aromatic nitrogens is 1. The molecular formula is C27H27N5O3S2. The van der Waals surface area contributed by atoms with Crippen LogP contribution in [0.15, 0.2) is 94.0 Å². The van der Waals surface area contributed by atoms with Crippen LogP contribution in [0.4, 0.5) is 10.8 Å². The quantitative estimate of drug-likeness (QED) is 0.399. The van der Waals surface area contributed by atoms with Gasteiger partial charge in [0.15, 0.2) is 5.13 Å². The van der Waals surface area contributed by atoms with Crippen molar-refractivity contribution in [3.8, 4) is 11.5 Å². The molecule has 0 radical (unpaired) electrons. The number of hydrogen-bond acceptors (Lipinski definition) is 9. The average molecular weight is 534 g/mol. The van der Waals surface area contributed by atoms with Crippen LogP contribution in [0.5, 0.6) is 11.5 Å². The molecule has 0 saturated heterocycles. The van der Waals surface area contributed by atoms with E-state index in [1.165, 1.54) is 17.6 Å². The fraction of sp³-hybridized carbons (Fsp3) is 0.222. The van der Waals surface area contributed by atoms with Crippen LogP contribution < -0.4 is 15.0 Å². The molecule has 5 rings (SSSR count). The molecule has 0 bridgehead atoms. The molecule has 190 valence electrons. The lowest BCUT2D eigenvalue weighted by atomic mass is 9.92. The van der Waals surface area contributed by atoms with Crippen molar-refractivity contribution in [3.05, 3.63) is 89.7 Å². The highest BCUT2D eigenvalue weighted by Crippen LogP contribution is 2.30. The van der Waals surface area contributed by atoms with Crippen molar-refractivity contribution in [1.82, 2.24) is 10.3 Å². The molecule has 37 heavy (non-hydrogen) atoms. The first-order chi connectivity index (χ1) is 17.9. The van der Waals surface area contributed by atoms with Gasteiger partial charge in [-0.05, 0) is 36.4 Å². The van der Waals surface area contributed by atoms with Crippen molar-refractivity contribution < 1.29 is 13.2 Å². The molecule has 2 aliphatic rings. The zero-order valence-corrected chi connectivity index (χ0v) is 22.0. The van der Waals surface area contributed by atoms with Gasteiger partial charge in [-0.15, -0.1) is 11.3 Å². The van der Waals surface area contributed by atoms with Crippen molar-refractivity contribution in [2.45, 2.75) is 6.54 Å². The van der Waals surface area contributed by atoms with Crippen LogP contribution in [-0.4, -0.2) is 50.4 Å². The molecule has 0 fully saturated rings. The lowest BCUT2D eigenvalue weighted by Gasteiger charge is -2.26. The molecule has 8 nitrogen and oxygen atoms in total. The second-order valence-electron chi connectivity index (χ2n) is 8.74. The van der Waals surface area contributed by atoms with Crippen LogP contribution in [0.2, 0.25) is 0 Å². The molecule has 1 aromatic heterocycles. The summed E-state index contributed by atoms with van der Waals surface area (Å²) in [7, 11) is -2.98. The molecule has 0 aliphatic carbocycles. The van der Waals surface area contributed by atoms with Crippen molar-refractivity contribution in [3.63, 3.8) is 0 Å². The van der Waals surface area contributed by atoms with Crippen molar-refractivity contribution >= 4 is 43.9 Å². The van der Waals surface area contributed by atoms with Crippen molar-refractivity contribution in [2.24, 2.45) is 15.9 Å². The number of sulfone groups is 1. The Morgan fingerprint density at radius 3 is 2.70 bits per heavy atom. The van der Waals surface area contributed by atoms with E-state index in [0.29, 0.717) is 19.6 Å². The number of ether oxygens (including phenoxy) is 1. The summed E-state index contributed by atoms with van der Waals surface area (Å²) in [6, 6.07) is 17.4. The maximum absolute atomic E-state index is 11.3. The van der Waals surface area contributed by atoms with Gasteiger partial charge >= 0.3 is 0 Å². The Balaban J connectivity index is 1.27. The van der Waals surface area contributed by atoms with E-state index in [-0.39, 0.29) is 11.7 Å². The predicted octanol–water partition coefficient (Wildman–Crippen LogP) is 4.76. The number of thiazole rings is 1. The van der Waals surface area contributed by atoms with Gasteiger partial charge in [0.2, 0.25) is 0 Å². The number of fused-ring (bicyclic) bond motifs is 1. The van der Waals surface area contributed by atoms with Gasteiger partial charge in [-0.1, -0.05) is 24.3 Å². The van der Waals surface area contributed by atoms with Gasteiger partial charge in [-0.3, -0.25) is 9.98 Å². The molecule has 10 heteroatoms. The minimum absolute atomic E-state index is 0.0709. The second kappa shape index (κ2) is 11.2. The summed E-state index contributed by atoms with van der Waals surface area (Å²) in [5.74, 6) is 1.73. The van der Waals surface area contributed by atoms with Crippen LogP contribution in [0.25, 0.3) is 0 Å². The zero-order chi connectivity index (χ0) is 25.7. The first kappa shape index (κ1) is 25.1. The van der Waals surface area contributed by atoms with E-state index in [1.807, 2.05) is 77.3 Å². The van der Waals surface area contributed by atoms with E-state index >= 15 is 0 Å². The Bertz CT molecular complexity index is 1460. The summed E-state index contributed by atoms with van der Waals surface area (Å²) in [6.07, 6.45) is 9.35. The maximum atomic E-state index is 11.3. The van der Waals surface area contributed by atoms with E-state index in [1.54, 1.807) is 0 Å². The highest BCUT2D eigenvalue weighted by molar-refractivity contribution is 7.90. The largest absolute Gasteiger partial charge is 0.457 e. The Morgan fingerprint density at radius 2 is 1.92 bits per heavy atom. The van der Waals surface area contributed by atoms with E-state index in [0.717, 1.165) is 39.3 Å². The molecular weight excluding hydrogens is 506 g/mol. The van der Waals surface area contributed by atoms with Gasteiger partial charge in [0.05, 0.1) is 29.4 Å². The highest BCUT2D eigenvalue weighted by Gasteiger charge is 2.24. The van der Waals surface area contributed by atoms with Crippen molar-refractivity contribution in [2.75, 3.05) is 30.0 Å². The molecule has 1 N–H and O–H groups in total. The molecule has 2 aromatic carbocycles. The van der Waals surface area contributed by atoms with Gasteiger partial charge in [0.1, 0.15) is 21.3 Å². The zero-order valence-electron chi connectivity index (χ0n) is 20.3. The standard InChI is InChI=1S/C27H27N5O3S2/c1-37(33,34)14-12-28-16-22-19-36-27(31-22)32-13-11-20-15-29-17-26(25(20)18-32)30-21-7-9-24(10-8-21)35-23-5-3-2-4-6-23/h2-11,13,15,18-20,28H,12,14,16-17H2,1H3. The number of nitrogens with one attached hydrogen (secondary N) is 1. The molecule has 0 saturated carbocycles. The number of rotatable bonds is 9. The van der Waals surface area contributed by atoms with E-state index < -0.39 is 9.84 Å². The van der Waals surface area contributed by atoms with Crippen LogP contribution >= 0.6 is 11.3 Å². The molecule has 2 aliphatic heterocycles. The first-order valence-electron chi connectivity index (χ1n) is 11.8. The smallest absolute Gasteiger partial charge is 0.193 e. The SMILES string of the molecule is CS(=O)(=O)CCNCc1csc(N2C=CC3C=NCC(=Nc4ccc(Oc5ccccc5)cc4)C3=C2)n1. The fourth-order valence-corrected chi connectivity index (χ4v) is 5.16.